The van der Waals surface area contributed by atoms with Gasteiger partial charge in [-0.15, -0.1) is 0 Å². The monoisotopic (exact) mass is 286 g/mol. The fourth-order valence-corrected chi connectivity index (χ4v) is 3.05. The number of hydrogen-bond acceptors (Lipinski definition) is 1. The minimum absolute atomic E-state index is 0.197. The molecular weight excluding hydrogens is 271 g/mol. The summed E-state index contributed by atoms with van der Waals surface area (Å²) < 4.78 is 19.0. The van der Waals surface area contributed by atoms with E-state index < -0.39 is 0 Å². The van der Waals surface area contributed by atoms with Gasteiger partial charge in [0.1, 0.15) is 0 Å². The molecule has 0 aromatic heterocycles. The second-order valence-electron chi connectivity index (χ2n) is 4.60. The minimum atomic E-state index is -0.197. The summed E-state index contributed by atoms with van der Waals surface area (Å²) in [5.41, 5.74) is 1.05. The van der Waals surface area contributed by atoms with E-state index >= 15 is 0 Å². The summed E-state index contributed by atoms with van der Waals surface area (Å²) in [6, 6.07) is 5.39. The number of methoxy groups -OCH3 is 1. The average Bonchev–Trinajstić information content (AvgIpc) is 2.25. The molecule has 0 aliphatic heterocycles. The van der Waals surface area contributed by atoms with Gasteiger partial charge in [-0.2, -0.15) is 0 Å². The van der Waals surface area contributed by atoms with E-state index in [4.69, 9.17) is 4.74 Å². The maximum absolute atomic E-state index is 14.0. The van der Waals surface area contributed by atoms with Gasteiger partial charge >= 0.3 is 0 Å². The molecule has 1 saturated carbocycles. The van der Waals surface area contributed by atoms with E-state index in [9.17, 15) is 4.39 Å². The van der Waals surface area contributed by atoms with Gasteiger partial charge in [-0.05, 0) is 36.3 Å². The van der Waals surface area contributed by atoms with E-state index in [2.05, 4.69) is 15.9 Å². The first-order valence-electron chi connectivity index (χ1n) is 5.58. The molecule has 88 valence electrons. The van der Waals surface area contributed by atoms with Gasteiger partial charge in [-0.3, -0.25) is 0 Å². The van der Waals surface area contributed by atoms with Crippen molar-refractivity contribution in [3.8, 4) is 5.75 Å². The van der Waals surface area contributed by atoms with Crippen molar-refractivity contribution in [2.24, 2.45) is 5.41 Å². The smallest absolute Gasteiger partial charge is 0.168 e. The fourth-order valence-electron chi connectivity index (χ4n) is 2.29. The van der Waals surface area contributed by atoms with Crippen LogP contribution < -0.4 is 4.74 Å². The zero-order chi connectivity index (χ0) is 11.6. The second-order valence-corrected chi connectivity index (χ2v) is 5.16. The summed E-state index contributed by atoms with van der Waals surface area (Å²) in [4.78, 5) is 0. The summed E-state index contributed by atoms with van der Waals surface area (Å²) in [6.07, 6.45) is 4.45. The molecule has 0 heterocycles. The van der Waals surface area contributed by atoms with Crippen molar-refractivity contribution >= 4 is 15.9 Å². The highest BCUT2D eigenvalue weighted by atomic mass is 79.9. The number of benzene rings is 1. The van der Waals surface area contributed by atoms with Gasteiger partial charge < -0.3 is 4.74 Å². The van der Waals surface area contributed by atoms with Crippen LogP contribution >= 0.6 is 15.9 Å². The van der Waals surface area contributed by atoms with Crippen molar-refractivity contribution in [2.75, 3.05) is 12.4 Å². The molecule has 1 fully saturated rings. The maximum Gasteiger partial charge on any atom is 0.168 e. The van der Waals surface area contributed by atoms with E-state index in [-0.39, 0.29) is 11.2 Å². The Morgan fingerprint density at radius 1 is 1.44 bits per heavy atom. The zero-order valence-electron chi connectivity index (χ0n) is 9.43. The van der Waals surface area contributed by atoms with Crippen molar-refractivity contribution in [1.82, 2.24) is 0 Å². The fraction of sp³-hybridized carbons (Fsp3) is 0.538. The minimum Gasteiger partial charge on any atom is -0.494 e. The Hall–Kier alpha value is -0.570. The molecule has 3 heteroatoms. The molecule has 0 spiro atoms. The Morgan fingerprint density at radius 3 is 2.69 bits per heavy atom. The molecule has 1 aromatic rings. The van der Waals surface area contributed by atoms with Gasteiger partial charge in [0.2, 0.25) is 0 Å². The molecule has 0 unspecified atom stereocenters. The molecule has 16 heavy (non-hydrogen) atoms. The van der Waals surface area contributed by atoms with Crippen LogP contribution in [0.3, 0.4) is 0 Å². The first-order valence-corrected chi connectivity index (χ1v) is 6.70. The lowest BCUT2D eigenvalue weighted by atomic mass is 9.67. The van der Waals surface area contributed by atoms with Crippen LogP contribution in [0.5, 0.6) is 5.75 Å². The molecule has 1 aliphatic rings. The van der Waals surface area contributed by atoms with Crippen molar-refractivity contribution in [3.63, 3.8) is 0 Å². The van der Waals surface area contributed by atoms with E-state index in [1.165, 1.54) is 26.4 Å². The predicted octanol–water partition coefficient (Wildman–Crippen LogP) is 3.94. The molecule has 1 aliphatic carbocycles. The quantitative estimate of drug-likeness (QED) is 0.762. The van der Waals surface area contributed by atoms with Gasteiger partial charge in [-0.1, -0.05) is 34.5 Å². The highest BCUT2D eigenvalue weighted by molar-refractivity contribution is 9.09. The molecule has 0 N–H and O–H groups in total. The van der Waals surface area contributed by atoms with Crippen LogP contribution in [0.2, 0.25) is 0 Å². The number of ether oxygens (including phenoxy) is 1. The standard InChI is InChI=1S/C13H16BrFO/c1-16-11-5-2-4-10(12(11)15)8-13(9-14)6-3-7-13/h2,4-5H,3,6-9H2,1H3. The van der Waals surface area contributed by atoms with Gasteiger partial charge in [0.25, 0.3) is 0 Å². The third-order valence-corrected chi connectivity index (χ3v) is 4.72. The lowest BCUT2D eigenvalue weighted by Crippen LogP contribution is -2.33. The SMILES string of the molecule is COc1cccc(CC2(CBr)CCC2)c1F. The third-order valence-electron chi connectivity index (χ3n) is 3.53. The molecule has 0 radical (unpaired) electrons. The Kier molecular flexibility index (Phi) is 3.53. The number of hydrogen-bond donors (Lipinski definition) is 0. The molecule has 2 rings (SSSR count). The van der Waals surface area contributed by atoms with Crippen LogP contribution in [0.15, 0.2) is 18.2 Å². The first kappa shape index (κ1) is 11.9. The lowest BCUT2D eigenvalue weighted by molar-refractivity contribution is 0.168. The average molecular weight is 287 g/mol. The highest BCUT2D eigenvalue weighted by Gasteiger charge is 2.36. The highest BCUT2D eigenvalue weighted by Crippen LogP contribution is 2.45. The van der Waals surface area contributed by atoms with Crippen LogP contribution in [-0.2, 0) is 6.42 Å². The summed E-state index contributed by atoms with van der Waals surface area (Å²) in [6.45, 7) is 0. The van der Waals surface area contributed by atoms with Crippen molar-refractivity contribution in [1.29, 1.82) is 0 Å². The topological polar surface area (TPSA) is 9.23 Å². The number of halogens is 2. The predicted molar refractivity (Wildman–Crippen MR) is 66.7 cm³/mol. The first-order chi connectivity index (χ1) is 7.71. The van der Waals surface area contributed by atoms with Gasteiger partial charge in [0.05, 0.1) is 7.11 Å². The second kappa shape index (κ2) is 4.74. The molecule has 0 atom stereocenters. The Morgan fingerprint density at radius 2 is 2.19 bits per heavy atom. The molecule has 0 amide bonds. The Balaban J connectivity index is 2.21. The van der Waals surface area contributed by atoms with Crippen LogP contribution in [-0.4, -0.2) is 12.4 Å². The Labute approximate surface area is 104 Å². The van der Waals surface area contributed by atoms with E-state index in [1.54, 1.807) is 6.07 Å². The molecule has 1 nitrogen and oxygen atoms in total. The van der Waals surface area contributed by atoms with Crippen molar-refractivity contribution in [3.05, 3.63) is 29.6 Å². The molecule has 0 bridgehead atoms. The van der Waals surface area contributed by atoms with Crippen molar-refractivity contribution in [2.45, 2.75) is 25.7 Å². The number of alkyl halides is 1. The summed E-state index contributed by atoms with van der Waals surface area (Å²) in [7, 11) is 1.51. The Bertz CT molecular complexity index is 369. The molecule has 0 saturated heterocycles. The van der Waals surface area contributed by atoms with Crippen LogP contribution in [0.25, 0.3) is 0 Å². The third kappa shape index (κ3) is 2.10. The maximum atomic E-state index is 14.0. The van der Waals surface area contributed by atoms with E-state index in [0.29, 0.717) is 5.75 Å². The lowest BCUT2D eigenvalue weighted by Gasteiger charge is -2.40. The van der Waals surface area contributed by atoms with Crippen LogP contribution in [0.1, 0.15) is 24.8 Å². The van der Waals surface area contributed by atoms with Crippen LogP contribution in [0.4, 0.5) is 4.39 Å². The normalized spacial score (nSPS) is 17.9. The number of rotatable bonds is 4. The van der Waals surface area contributed by atoms with E-state index in [0.717, 1.165) is 17.3 Å². The van der Waals surface area contributed by atoms with Gasteiger partial charge in [0.15, 0.2) is 11.6 Å². The summed E-state index contributed by atoms with van der Waals surface area (Å²) in [5, 5.41) is 0.955. The molecular formula is C13H16BrFO. The van der Waals surface area contributed by atoms with Gasteiger partial charge in [0, 0.05) is 5.33 Å². The largest absolute Gasteiger partial charge is 0.494 e. The summed E-state index contributed by atoms with van der Waals surface area (Å²) in [5.74, 6) is 0.152. The zero-order valence-corrected chi connectivity index (χ0v) is 11.0. The van der Waals surface area contributed by atoms with E-state index in [1.807, 2.05) is 12.1 Å². The molecule has 1 aromatic carbocycles. The van der Waals surface area contributed by atoms with Crippen molar-refractivity contribution < 1.29 is 9.13 Å². The van der Waals surface area contributed by atoms with Crippen LogP contribution in [0, 0.1) is 11.2 Å². The van der Waals surface area contributed by atoms with Gasteiger partial charge in [-0.25, -0.2) is 4.39 Å². The summed E-state index contributed by atoms with van der Waals surface area (Å²) >= 11 is 3.55.